The summed E-state index contributed by atoms with van der Waals surface area (Å²) < 4.78 is 4.92. The molecule has 0 N–H and O–H groups in total. The molecule has 2 nitrogen and oxygen atoms in total. The van der Waals surface area contributed by atoms with E-state index in [1.165, 1.54) is 85.4 Å². The van der Waals surface area contributed by atoms with Crippen LogP contribution in [0.1, 0.15) is 25.0 Å². The lowest BCUT2D eigenvalue weighted by atomic mass is 9.82. The maximum Gasteiger partial charge on any atom is 0.0547 e. The summed E-state index contributed by atoms with van der Waals surface area (Å²) in [5.74, 6) is 0. The van der Waals surface area contributed by atoms with Crippen LogP contribution in [-0.2, 0) is 5.41 Å². The molecule has 0 amide bonds. The SMILES string of the molecule is CC1(C)c2ccccc2-c2c1ccc1c2c2ccccc2n1-c1ccc(S(c2ccccc2)(c2ccccc2)c2cccc(-n3c4ccccc4c4ccccc43)c2)cc1. The largest absolute Gasteiger partial charge is 0.309 e. The number of hydrogen-bond acceptors (Lipinski definition) is 0. The molecule has 60 heavy (non-hydrogen) atoms. The van der Waals surface area contributed by atoms with Crippen LogP contribution in [0, 0.1) is 0 Å². The molecule has 0 saturated carbocycles. The molecule has 286 valence electrons. The fourth-order valence-electron chi connectivity index (χ4n) is 10.4. The standard InChI is InChI=1S/C57H42N2S/c1-57(2)49-28-13-9-26-47(49)55-50(57)36-37-54-56(55)48-27-12-16-31-53(48)58(54)39-32-34-43(35-33-39)60(41-19-5-3-6-20-41,42-21-7-4-8-22-42)44-23-17-18-40(38-44)59-51-29-14-10-24-45(51)46-25-11-15-30-52(46)59/h3-38H,1-2H3. The highest BCUT2D eigenvalue weighted by Gasteiger charge is 2.38. The molecule has 2 heterocycles. The first-order chi connectivity index (χ1) is 29.5. The Balaban J connectivity index is 1.10. The Morgan fingerprint density at radius 3 is 1.50 bits per heavy atom. The van der Waals surface area contributed by atoms with Crippen molar-refractivity contribution >= 4 is 53.6 Å². The summed E-state index contributed by atoms with van der Waals surface area (Å²) in [5, 5.41) is 5.15. The van der Waals surface area contributed by atoms with Gasteiger partial charge in [0.1, 0.15) is 0 Å². The minimum atomic E-state index is -1.98. The first-order valence-electron chi connectivity index (χ1n) is 20.8. The smallest absolute Gasteiger partial charge is 0.0547 e. The van der Waals surface area contributed by atoms with E-state index in [-0.39, 0.29) is 5.41 Å². The number of hydrogen-bond donors (Lipinski definition) is 0. The van der Waals surface area contributed by atoms with E-state index in [0.29, 0.717) is 0 Å². The average molecular weight is 787 g/mol. The molecular formula is C57H42N2S. The monoisotopic (exact) mass is 786 g/mol. The molecule has 1 aliphatic carbocycles. The van der Waals surface area contributed by atoms with Gasteiger partial charge in [0.15, 0.2) is 0 Å². The van der Waals surface area contributed by atoms with Gasteiger partial charge in [-0.15, -0.1) is 10.0 Å². The fraction of sp³-hybridized carbons (Fsp3) is 0.0526. The Morgan fingerprint density at radius 2 is 0.850 bits per heavy atom. The summed E-state index contributed by atoms with van der Waals surface area (Å²) in [6, 6.07) is 81.5. The van der Waals surface area contributed by atoms with Gasteiger partial charge in [-0.1, -0.05) is 141 Å². The lowest BCUT2D eigenvalue weighted by Crippen LogP contribution is -2.14. The summed E-state index contributed by atoms with van der Waals surface area (Å²) in [6.45, 7) is 4.74. The number of nitrogens with zero attached hydrogens (tertiary/aromatic N) is 2. The Labute approximate surface area is 351 Å². The fourth-order valence-corrected chi connectivity index (χ4v) is 14.3. The third-order valence-electron chi connectivity index (χ3n) is 13.0. The van der Waals surface area contributed by atoms with Crippen LogP contribution in [-0.4, -0.2) is 9.13 Å². The molecule has 2 aromatic heterocycles. The second-order valence-corrected chi connectivity index (χ2v) is 19.6. The molecule has 9 aromatic carbocycles. The zero-order chi connectivity index (χ0) is 40.0. The van der Waals surface area contributed by atoms with Gasteiger partial charge < -0.3 is 9.13 Å². The molecule has 0 spiro atoms. The van der Waals surface area contributed by atoms with Crippen molar-refractivity contribution in [3.8, 4) is 22.5 Å². The first kappa shape index (κ1) is 34.9. The van der Waals surface area contributed by atoms with Crippen LogP contribution in [0.2, 0.25) is 0 Å². The number of rotatable bonds is 6. The van der Waals surface area contributed by atoms with Crippen molar-refractivity contribution in [1.82, 2.24) is 9.13 Å². The second-order valence-electron chi connectivity index (χ2n) is 16.5. The van der Waals surface area contributed by atoms with Crippen LogP contribution in [0.4, 0.5) is 0 Å². The summed E-state index contributed by atoms with van der Waals surface area (Å²) in [5.41, 5.74) is 12.7. The zero-order valence-electron chi connectivity index (χ0n) is 33.6. The van der Waals surface area contributed by atoms with E-state index in [1.807, 2.05) is 0 Å². The van der Waals surface area contributed by atoms with Gasteiger partial charge in [0, 0.05) is 57.9 Å². The predicted octanol–water partition coefficient (Wildman–Crippen LogP) is 15.5. The second kappa shape index (κ2) is 13.2. The minimum absolute atomic E-state index is 0.0647. The van der Waals surface area contributed by atoms with E-state index in [4.69, 9.17) is 0 Å². The number of para-hydroxylation sites is 3. The average Bonchev–Trinajstić information content (AvgIpc) is 3.91. The van der Waals surface area contributed by atoms with Crippen LogP contribution in [0.15, 0.2) is 238 Å². The molecule has 0 fully saturated rings. The molecule has 0 unspecified atom stereocenters. The zero-order valence-corrected chi connectivity index (χ0v) is 34.4. The molecule has 0 bridgehead atoms. The van der Waals surface area contributed by atoms with Crippen LogP contribution in [0.3, 0.4) is 0 Å². The maximum atomic E-state index is 2.48. The van der Waals surface area contributed by atoms with Gasteiger partial charge in [-0.05, 0) is 113 Å². The topological polar surface area (TPSA) is 9.86 Å². The minimum Gasteiger partial charge on any atom is -0.309 e. The van der Waals surface area contributed by atoms with Crippen molar-refractivity contribution in [2.45, 2.75) is 38.8 Å². The summed E-state index contributed by atoms with van der Waals surface area (Å²) >= 11 is 0. The van der Waals surface area contributed by atoms with Crippen molar-refractivity contribution in [1.29, 1.82) is 0 Å². The Hall–Kier alpha value is -7.07. The third kappa shape index (κ3) is 4.84. The van der Waals surface area contributed by atoms with Crippen molar-refractivity contribution in [2.75, 3.05) is 0 Å². The highest BCUT2D eigenvalue weighted by Crippen LogP contribution is 2.73. The lowest BCUT2D eigenvalue weighted by Gasteiger charge is -2.42. The quantitative estimate of drug-likeness (QED) is 0.159. The van der Waals surface area contributed by atoms with Crippen LogP contribution in [0.25, 0.3) is 66.1 Å². The molecule has 1 aliphatic rings. The van der Waals surface area contributed by atoms with E-state index in [2.05, 4.69) is 241 Å². The van der Waals surface area contributed by atoms with Crippen LogP contribution in [0.5, 0.6) is 0 Å². The van der Waals surface area contributed by atoms with Gasteiger partial charge in [-0.2, -0.15) is 0 Å². The molecular weight excluding hydrogens is 745 g/mol. The lowest BCUT2D eigenvalue weighted by molar-refractivity contribution is 0.661. The van der Waals surface area contributed by atoms with Crippen LogP contribution >= 0.6 is 10.0 Å². The van der Waals surface area contributed by atoms with Crippen molar-refractivity contribution < 1.29 is 0 Å². The van der Waals surface area contributed by atoms with E-state index in [9.17, 15) is 0 Å². The molecule has 11 aromatic rings. The molecule has 0 atom stereocenters. The van der Waals surface area contributed by atoms with Gasteiger partial charge in [-0.25, -0.2) is 0 Å². The van der Waals surface area contributed by atoms with Gasteiger partial charge in [0.2, 0.25) is 0 Å². The van der Waals surface area contributed by atoms with Gasteiger partial charge >= 0.3 is 0 Å². The number of fused-ring (bicyclic) bond motifs is 10. The normalized spacial score (nSPS) is 13.6. The van der Waals surface area contributed by atoms with E-state index in [1.54, 1.807) is 0 Å². The van der Waals surface area contributed by atoms with Crippen molar-refractivity contribution in [3.63, 3.8) is 0 Å². The molecule has 12 rings (SSSR count). The van der Waals surface area contributed by atoms with Crippen LogP contribution < -0.4 is 0 Å². The molecule has 0 aliphatic heterocycles. The van der Waals surface area contributed by atoms with E-state index in [0.717, 1.165) is 11.4 Å². The molecule has 3 heteroatoms. The highest BCUT2D eigenvalue weighted by atomic mass is 32.3. The third-order valence-corrected chi connectivity index (χ3v) is 16.9. The van der Waals surface area contributed by atoms with Gasteiger partial charge in [-0.3, -0.25) is 0 Å². The molecule has 0 saturated heterocycles. The Kier molecular flexibility index (Phi) is 7.70. The Bertz CT molecular complexity index is 3350. The first-order valence-corrected chi connectivity index (χ1v) is 22.5. The van der Waals surface area contributed by atoms with Gasteiger partial charge in [0.25, 0.3) is 0 Å². The summed E-state index contributed by atoms with van der Waals surface area (Å²) in [4.78, 5) is 5.19. The highest BCUT2D eigenvalue weighted by molar-refractivity contribution is 8.34. The predicted molar refractivity (Wildman–Crippen MR) is 253 cm³/mol. The Morgan fingerprint density at radius 1 is 0.350 bits per heavy atom. The van der Waals surface area contributed by atoms with Gasteiger partial charge in [0.05, 0.1) is 22.1 Å². The number of aromatic nitrogens is 2. The van der Waals surface area contributed by atoms with E-state index < -0.39 is 10.0 Å². The number of benzene rings is 9. The summed E-state index contributed by atoms with van der Waals surface area (Å²) in [6.07, 6.45) is 0. The van der Waals surface area contributed by atoms with E-state index >= 15 is 0 Å². The van der Waals surface area contributed by atoms with Crippen molar-refractivity contribution in [3.05, 3.63) is 230 Å². The molecule has 0 radical (unpaired) electrons. The van der Waals surface area contributed by atoms with Crippen molar-refractivity contribution in [2.24, 2.45) is 0 Å². The summed E-state index contributed by atoms with van der Waals surface area (Å²) in [7, 11) is -1.98. The maximum absolute atomic E-state index is 2.48.